The predicted octanol–water partition coefficient (Wildman–Crippen LogP) is 3.58. The van der Waals surface area contributed by atoms with Crippen molar-refractivity contribution in [1.82, 2.24) is 10.3 Å². The van der Waals surface area contributed by atoms with Crippen LogP contribution in [0.25, 0.3) is 0 Å². The highest BCUT2D eigenvalue weighted by molar-refractivity contribution is 7.84. The van der Waals surface area contributed by atoms with Crippen molar-refractivity contribution >= 4 is 22.0 Å². The monoisotopic (exact) mass is 525 g/mol. The lowest BCUT2D eigenvalue weighted by Crippen LogP contribution is -2.42. The third-order valence-electron chi connectivity index (χ3n) is 8.98. The maximum absolute atomic E-state index is 13.6. The first-order valence-corrected chi connectivity index (χ1v) is 14.6. The van der Waals surface area contributed by atoms with Gasteiger partial charge in [-0.05, 0) is 91.2 Å². The van der Waals surface area contributed by atoms with Crippen LogP contribution in [0.2, 0.25) is 0 Å². The van der Waals surface area contributed by atoms with E-state index in [9.17, 15) is 18.0 Å². The molecule has 3 aliphatic carbocycles. The summed E-state index contributed by atoms with van der Waals surface area (Å²) in [7, 11) is -4.10. The Morgan fingerprint density at radius 2 is 2.08 bits per heavy atom. The van der Waals surface area contributed by atoms with Gasteiger partial charge in [0, 0.05) is 24.0 Å². The number of hydrogen-bond donors (Lipinski definition) is 2. The normalized spacial score (nSPS) is 28.7. The lowest BCUT2D eigenvalue weighted by molar-refractivity contribution is -0.134. The number of Topliss-reactive ketones (excluding diaryl/α,β-unsaturated/α-hetero) is 1. The molecule has 5 atom stereocenters. The van der Waals surface area contributed by atoms with Crippen molar-refractivity contribution in [3.63, 3.8) is 0 Å². The molecule has 0 radical (unpaired) electrons. The molecule has 1 aromatic carbocycles. The molecular formula is C28H35N3O5S. The minimum absolute atomic E-state index is 0.105. The summed E-state index contributed by atoms with van der Waals surface area (Å²) in [5.74, 6) is 1.12. The molecule has 1 heterocycles. The van der Waals surface area contributed by atoms with Gasteiger partial charge >= 0.3 is 10.3 Å². The van der Waals surface area contributed by atoms with E-state index in [4.69, 9.17) is 9.32 Å². The maximum atomic E-state index is 13.6. The molecule has 4 unspecified atom stereocenters. The lowest BCUT2D eigenvalue weighted by Gasteiger charge is -2.48. The van der Waals surface area contributed by atoms with Gasteiger partial charge in [-0.1, -0.05) is 26.0 Å². The SMILES string of the molecule is CCc1cc2c(cc1OS(N)(=O)=O)CCC1C2CC[C@]2(C)C(=O)C(CC(=O)NCc3ccccn3)CC12. The van der Waals surface area contributed by atoms with Gasteiger partial charge in [0.25, 0.3) is 0 Å². The average molecular weight is 526 g/mol. The third-order valence-corrected chi connectivity index (χ3v) is 9.39. The van der Waals surface area contributed by atoms with E-state index in [0.717, 1.165) is 48.9 Å². The van der Waals surface area contributed by atoms with Crippen molar-refractivity contribution < 1.29 is 22.2 Å². The summed E-state index contributed by atoms with van der Waals surface area (Å²) < 4.78 is 28.2. The molecular weight excluding hydrogens is 490 g/mol. The predicted molar refractivity (Wildman–Crippen MR) is 139 cm³/mol. The molecule has 198 valence electrons. The van der Waals surface area contributed by atoms with Gasteiger partial charge < -0.3 is 9.50 Å². The molecule has 1 amide bonds. The number of ketones is 1. The highest BCUT2D eigenvalue weighted by Crippen LogP contribution is 2.61. The Kier molecular flexibility index (Phi) is 6.87. The zero-order chi connectivity index (χ0) is 26.4. The van der Waals surface area contributed by atoms with Crippen molar-refractivity contribution in [2.24, 2.45) is 28.3 Å². The van der Waals surface area contributed by atoms with Crippen LogP contribution < -0.4 is 14.6 Å². The number of carbonyl (C=O) groups excluding carboxylic acids is 2. The molecule has 0 bridgehead atoms. The summed E-state index contributed by atoms with van der Waals surface area (Å²) in [4.78, 5) is 30.6. The van der Waals surface area contributed by atoms with E-state index in [0.29, 0.717) is 30.6 Å². The molecule has 3 aliphatic rings. The van der Waals surface area contributed by atoms with E-state index in [2.05, 4.69) is 23.3 Å². The number of amides is 1. The van der Waals surface area contributed by atoms with Crippen molar-refractivity contribution in [1.29, 1.82) is 0 Å². The third kappa shape index (κ3) is 5.03. The molecule has 8 nitrogen and oxygen atoms in total. The van der Waals surface area contributed by atoms with Gasteiger partial charge in [0.2, 0.25) is 5.91 Å². The van der Waals surface area contributed by atoms with E-state index in [1.54, 1.807) is 6.20 Å². The van der Waals surface area contributed by atoms with Gasteiger partial charge in [-0.15, -0.1) is 0 Å². The first-order chi connectivity index (χ1) is 17.6. The fourth-order valence-electron chi connectivity index (χ4n) is 7.23. The fourth-order valence-corrected chi connectivity index (χ4v) is 7.63. The van der Waals surface area contributed by atoms with Crippen molar-refractivity contribution in [3.05, 3.63) is 58.9 Å². The summed E-state index contributed by atoms with van der Waals surface area (Å²) in [5.41, 5.74) is 3.58. The van der Waals surface area contributed by atoms with Gasteiger partial charge in [0.05, 0.1) is 12.2 Å². The first-order valence-electron chi connectivity index (χ1n) is 13.2. The van der Waals surface area contributed by atoms with Crippen LogP contribution in [0.15, 0.2) is 36.5 Å². The van der Waals surface area contributed by atoms with Crippen molar-refractivity contribution in [2.75, 3.05) is 0 Å². The Balaban J connectivity index is 1.32. The summed E-state index contributed by atoms with van der Waals surface area (Å²) in [6.45, 7) is 4.44. The van der Waals surface area contributed by atoms with Crippen LogP contribution in [0.3, 0.4) is 0 Å². The quantitative estimate of drug-likeness (QED) is 0.569. The maximum Gasteiger partial charge on any atom is 0.380 e. The number of nitrogens with zero attached hydrogens (tertiary/aromatic N) is 1. The average Bonchev–Trinajstić information content (AvgIpc) is 3.11. The van der Waals surface area contributed by atoms with Crippen LogP contribution in [0.4, 0.5) is 0 Å². The smallest absolute Gasteiger partial charge is 0.371 e. The number of fused-ring (bicyclic) bond motifs is 5. The highest BCUT2D eigenvalue weighted by atomic mass is 32.2. The number of aromatic nitrogens is 1. The number of aryl methyl sites for hydroxylation is 2. The lowest BCUT2D eigenvalue weighted by atomic mass is 9.55. The van der Waals surface area contributed by atoms with E-state index >= 15 is 0 Å². The van der Waals surface area contributed by atoms with Crippen LogP contribution >= 0.6 is 0 Å². The standard InChI is InChI=1S/C28H35N3O5S/c1-3-17-12-23-18(14-25(17)36-37(29,34)35)7-8-22-21(23)9-10-28(2)24(22)13-19(27(28)33)15-26(32)31-16-20-6-4-5-11-30-20/h4-6,11-12,14,19,21-22,24H,3,7-10,13,15-16H2,1-2H3,(H,31,32)(H2,29,34,35)/t19?,21?,22?,24?,28-/m0/s1. The van der Waals surface area contributed by atoms with E-state index in [-0.39, 0.29) is 29.9 Å². The number of hydrogen-bond acceptors (Lipinski definition) is 6. The number of nitrogens with two attached hydrogens (primary N) is 1. The molecule has 37 heavy (non-hydrogen) atoms. The second-order valence-electron chi connectivity index (χ2n) is 11.1. The van der Waals surface area contributed by atoms with Crippen molar-refractivity contribution in [2.45, 2.75) is 71.3 Å². The number of carbonyl (C=O) groups is 2. The topological polar surface area (TPSA) is 128 Å². The van der Waals surface area contributed by atoms with Gasteiger partial charge in [-0.25, -0.2) is 0 Å². The first kappa shape index (κ1) is 25.9. The number of benzene rings is 1. The minimum Gasteiger partial charge on any atom is -0.371 e. The van der Waals surface area contributed by atoms with Gasteiger partial charge in [0.15, 0.2) is 0 Å². The summed E-state index contributed by atoms with van der Waals surface area (Å²) in [6.07, 6.45) is 6.75. The van der Waals surface area contributed by atoms with Gasteiger partial charge in [0.1, 0.15) is 11.5 Å². The Morgan fingerprint density at radius 1 is 1.27 bits per heavy atom. The Morgan fingerprint density at radius 3 is 2.78 bits per heavy atom. The molecule has 1 aromatic heterocycles. The summed E-state index contributed by atoms with van der Waals surface area (Å²) in [5, 5.41) is 8.07. The summed E-state index contributed by atoms with van der Waals surface area (Å²) in [6, 6.07) is 9.52. The van der Waals surface area contributed by atoms with Crippen LogP contribution in [-0.4, -0.2) is 25.1 Å². The fraction of sp³-hybridized carbons (Fsp3) is 0.536. The molecule has 2 saturated carbocycles. The minimum atomic E-state index is -4.10. The van der Waals surface area contributed by atoms with E-state index in [1.165, 1.54) is 5.56 Å². The second-order valence-corrected chi connectivity index (χ2v) is 12.2. The zero-order valence-electron chi connectivity index (χ0n) is 21.4. The van der Waals surface area contributed by atoms with Gasteiger partial charge in [-0.3, -0.25) is 14.6 Å². The van der Waals surface area contributed by atoms with Crippen LogP contribution in [-0.2, 0) is 39.3 Å². The molecule has 2 fully saturated rings. The van der Waals surface area contributed by atoms with Gasteiger partial charge in [-0.2, -0.15) is 13.6 Å². The van der Waals surface area contributed by atoms with E-state index in [1.807, 2.05) is 31.2 Å². The number of nitrogens with one attached hydrogen (secondary N) is 1. The molecule has 0 aliphatic heterocycles. The van der Waals surface area contributed by atoms with Crippen LogP contribution in [0, 0.1) is 23.2 Å². The molecule has 0 spiro atoms. The second kappa shape index (κ2) is 9.83. The largest absolute Gasteiger partial charge is 0.380 e. The molecule has 5 rings (SSSR count). The Hall–Kier alpha value is -2.78. The number of rotatable bonds is 7. The Bertz CT molecular complexity index is 1310. The Labute approximate surface area is 218 Å². The zero-order valence-corrected chi connectivity index (χ0v) is 22.2. The number of pyridine rings is 1. The molecule has 2 aromatic rings. The molecule has 0 saturated heterocycles. The molecule has 9 heteroatoms. The highest BCUT2D eigenvalue weighted by Gasteiger charge is 2.58. The summed E-state index contributed by atoms with van der Waals surface area (Å²) >= 11 is 0. The molecule has 3 N–H and O–H groups in total. The van der Waals surface area contributed by atoms with Crippen molar-refractivity contribution in [3.8, 4) is 5.75 Å². The van der Waals surface area contributed by atoms with E-state index < -0.39 is 15.7 Å². The van der Waals surface area contributed by atoms with Crippen LogP contribution in [0.1, 0.15) is 74.3 Å². The van der Waals surface area contributed by atoms with Crippen LogP contribution in [0.5, 0.6) is 5.75 Å².